The van der Waals surface area contributed by atoms with Crippen molar-refractivity contribution in [1.29, 1.82) is 0 Å². The summed E-state index contributed by atoms with van der Waals surface area (Å²) in [5, 5.41) is 1.03. The Kier molecular flexibility index (Phi) is 4.05. The van der Waals surface area contributed by atoms with Gasteiger partial charge >= 0.3 is 0 Å². The van der Waals surface area contributed by atoms with Gasteiger partial charge in [0.2, 0.25) is 0 Å². The quantitative estimate of drug-likeness (QED) is 0.625. The van der Waals surface area contributed by atoms with Crippen molar-refractivity contribution < 1.29 is 8.42 Å². The largest absolute Gasteiger partial charge is 0.271 e. The molecule has 1 fully saturated rings. The zero-order valence-electron chi connectivity index (χ0n) is 10.6. The van der Waals surface area contributed by atoms with E-state index in [1.54, 1.807) is 11.3 Å². The van der Waals surface area contributed by atoms with Crippen molar-refractivity contribution >= 4 is 21.2 Å². The van der Waals surface area contributed by atoms with Gasteiger partial charge in [0.1, 0.15) is 0 Å². The van der Waals surface area contributed by atoms with Crippen LogP contribution in [0.5, 0.6) is 0 Å². The molecule has 1 aromatic heterocycles. The second kappa shape index (κ2) is 5.24. The molecule has 1 aliphatic heterocycles. The smallest absolute Gasteiger partial charge is 0.150 e. The Morgan fingerprint density at radius 3 is 2.72 bits per heavy atom. The first-order valence-electron chi connectivity index (χ1n) is 6.01. The summed E-state index contributed by atoms with van der Waals surface area (Å²) in [5.41, 5.74) is 3.81. The Balaban J connectivity index is 2.06. The predicted octanol–water partition coefficient (Wildman–Crippen LogP) is 0.569. The molecule has 2 heterocycles. The second-order valence-electron chi connectivity index (χ2n) is 4.89. The molecule has 2 unspecified atom stereocenters. The van der Waals surface area contributed by atoms with Crippen molar-refractivity contribution in [3.8, 4) is 0 Å². The summed E-state index contributed by atoms with van der Waals surface area (Å²) in [5.74, 6) is 6.19. The van der Waals surface area contributed by atoms with Gasteiger partial charge < -0.3 is 0 Å². The van der Waals surface area contributed by atoms with E-state index in [1.165, 1.54) is 4.88 Å². The van der Waals surface area contributed by atoms with E-state index < -0.39 is 9.84 Å². The first-order valence-corrected chi connectivity index (χ1v) is 8.64. The maximum atomic E-state index is 11.5. The van der Waals surface area contributed by atoms with Gasteiger partial charge in [-0.15, -0.1) is 11.3 Å². The van der Waals surface area contributed by atoms with Gasteiger partial charge in [0, 0.05) is 17.3 Å². The molecule has 2 rings (SSSR count). The van der Waals surface area contributed by atoms with Crippen molar-refractivity contribution in [1.82, 2.24) is 10.4 Å². The Labute approximate surface area is 112 Å². The lowest BCUT2D eigenvalue weighted by atomic mass is 9.97. The van der Waals surface area contributed by atoms with Gasteiger partial charge in [-0.05, 0) is 26.2 Å². The van der Waals surface area contributed by atoms with Gasteiger partial charge in [0.15, 0.2) is 9.84 Å². The van der Waals surface area contributed by atoms with Gasteiger partial charge in [-0.2, -0.15) is 0 Å². The highest BCUT2D eigenvalue weighted by Gasteiger charge is 2.33. The van der Waals surface area contributed by atoms with Crippen LogP contribution in [0.25, 0.3) is 0 Å². The molecule has 102 valence electrons. The van der Waals surface area contributed by atoms with Crippen LogP contribution in [-0.2, 0) is 16.3 Å². The molecule has 3 N–H and O–H groups in total. The number of hydrogen-bond acceptors (Lipinski definition) is 6. The number of hydrogen-bond donors (Lipinski definition) is 2. The highest BCUT2D eigenvalue weighted by molar-refractivity contribution is 7.91. The summed E-state index contributed by atoms with van der Waals surface area (Å²) in [4.78, 5) is 5.69. The van der Waals surface area contributed by atoms with Crippen LogP contribution in [0.4, 0.5) is 0 Å². The third-order valence-corrected chi connectivity index (χ3v) is 6.41. The molecule has 0 aliphatic carbocycles. The van der Waals surface area contributed by atoms with Gasteiger partial charge in [-0.1, -0.05) is 0 Å². The molecule has 1 aliphatic rings. The number of rotatable bonds is 4. The van der Waals surface area contributed by atoms with Crippen LogP contribution in [0, 0.1) is 19.8 Å². The minimum atomic E-state index is -2.86. The number of nitrogens with one attached hydrogen (secondary N) is 1. The Morgan fingerprint density at radius 2 is 2.28 bits per heavy atom. The van der Waals surface area contributed by atoms with Crippen molar-refractivity contribution in [3.05, 3.63) is 15.6 Å². The third kappa shape index (κ3) is 3.09. The van der Waals surface area contributed by atoms with E-state index >= 15 is 0 Å². The van der Waals surface area contributed by atoms with Crippen LogP contribution in [-0.4, -0.2) is 30.9 Å². The summed E-state index contributed by atoms with van der Waals surface area (Å²) in [6, 6.07) is -0.00720. The average Bonchev–Trinajstić information content (AvgIpc) is 2.79. The summed E-state index contributed by atoms with van der Waals surface area (Å²) < 4.78 is 23.0. The van der Waals surface area contributed by atoms with Gasteiger partial charge in [0.05, 0.1) is 22.2 Å². The Hall–Kier alpha value is -0.500. The average molecular weight is 289 g/mol. The predicted molar refractivity (Wildman–Crippen MR) is 73.2 cm³/mol. The molecule has 0 amide bonds. The topological polar surface area (TPSA) is 85.1 Å². The molecular formula is C11H19N3O2S2. The molecule has 18 heavy (non-hydrogen) atoms. The van der Waals surface area contributed by atoms with E-state index in [0.29, 0.717) is 12.8 Å². The molecule has 7 heteroatoms. The van der Waals surface area contributed by atoms with Crippen LogP contribution in [0.3, 0.4) is 0 Å². The van der Waals surface area contributed by atoms with E-state index in [2.05, 4.69) is 10.4 Å². The fourth-order valence-electron chi connectivity index (χ4n) is 2.32. The van der Waals surface area contributed by atoms with E-state index in [-0.39, 0.29) is 23.5 Å². The van der Waals surface area contributed by atoms with Crippen LogP contribution in [0.15, 0.2) is 0 Å². The third-order valence-electron chi connectivity index (χ3n) is 3.52. The van der Waals surface area contributed by atoms with Crippen molar-refractivity contribution in [3.63, 3.8) is 0 Å². The van der Waals surface area contributed by atoms with E-state index in [9.17, 15) is 8.42 Å². The van der Waals surface area contributed by atoms with Gasteiger partial charge in [-0.3, -0.25) is 11.3 Å². The minimum absolute atomic E-state index is 0.00720. The number of nitrogens with two attached hydrogens (primary N) is 1. The molecule has 0 bridgehead atoms. The molecule has 0 aromatic carbocycles. The highest BCUT2D eigenvalue weighted by Crippen LogP contribution is 2.25. The number of nitrogens with zero attached hydrogens (tertiary/aromatic N) is 1. The lowest BCUT2D eigenvalue weighted by Gasteiger charge is -2.20. The second-order valence-corrected chi connectivity index (χ2v) is 8.41. The molecule has 0 radical (unpaired) electrons. The zero-order valence-corrected chi connectivity index (χ0v) is 12.3. The van der Waals surface area contributed by atoms with E-state index in [0.717, 1.165) is 10.7 Å². The SMILES string of the molecule is Cc1nc(CC(NN)C2CCS(=O)(=O)C2)sc1C. The summed E-state index contributed by atoms with van der Waals surface area (Å²) in [7, 11) is -2.86. The molecular weight excluding hydrogens is 270 g/mol. The molecule has 0 saturated carbocycles. The van der Waals surface area contributed by atoms with Crippen LogP contribution in [0.1, 0.15) is 22.0 Å². The number of thiazole rings is 1. The lowest BCUT2D eigenvalue weighted by molar-refractivity contribution is 0.384. The van der Waals surface area contributed by atoms with E-state index in [1.807, 2.05) is 13.8 Å². The van der Waals surface area contributed by atoms with Gasteiger partial charge in [0.25, 0.3) is 0 Å². The molecule has 0 spiro atoms. The number of aromatic nitrogens is 1. The fraction of sp³-hybridized carbons (Fsp3) is 0.727. The summed E-state index contributed by atoms with van der Waals surface area (Å²) in [6.45, 7) is 4.03. The van der Waals surface area contributed by atoms with Crippen molar-refractivity contribution in [2.45, 2.75) is 32.7 Å². The first kappa shape index (κ1) is 13.9. The lowest BCUT2D eigenvalue weighted by Crippen LogP contribution is -2.43. The van der Waals surface area contributed by atoms with Crippen LogP contribution in [0.2, 0.25) is 0 Å². The number of sulfone groups is 1. The maximum absolute atomic E-state index is 11.5. The standard InChI is InChI=1S/C11H19N3O2S2/c1-7-8(2)17-11(13-7)5-10(14-12)9-3-4-18(15,16)6-9/h9-10,14H,3-6,12H2,1-2H3. The molecule has 1 saturated heterocycles. The maximum Gasteiger partial charge on any atom is 0.150 e. The van der Waals surface area contributed by atoms with Crippen LogP contribution < -0.4 is 11.3 Å². The summed E-state index contributed by atoms with van der Waals surface area (Å²) >= 11 is 1.66. The van der Waals surface area contributed by atoms with Crippen LogP contribution >= 0.6 is 11.3 Å². The number of aryl methyl sites for hydroxylation is 2. The molecule has 2 atom stereocenters. The monoisotopic (exact) mass is 289 g/mol. The number of hydrazine groups is 1. The Morgan fingerprint density at radius 1 is 1.56 bits per heavy atom. The molecule has 5 nitrogen and oxygen atoms in total. The highest BCUT2D eigenvalue weighted by atomic mass is 32.2. The van der Waals surface area contributed by atoms with Crippen molar-refractivity contribution in [2.75, 3.05) is 11.5 Å². The van der Waals surface area contributed by atoms with E-state index in [4.69, 9.17) is 5.84 Å². The van der Waals surface area contributed by atoms with Gasteiger partial charge in [-0.25, -0.2) is 13.4 Å². The first-order chi connectivity index (χ1) is 8.41. The fourth-order valence-corrected chi connectivity index (χ4v) is 5.19. The summed E-state index contributed by atoms with van der Waals surface area (Å²) in [6.07, 6.45) is 1.40. The molecule has 1 aromatic rings. The minimum Gasteiger partial charge on any atom is -0.271 e. The zero-order chi connectivity index (χ0) is 13.3. The van der Waals surface area contributed by atoms with Crippen molar-refractivity contribution in [2.24, 2.45) is 11.8 Å². The normalized spacial score (nSPS) is 24.3. The Bertz CT molecular complexity index is 505.